The Morgan fingerprint density at radius 2 is 1.93 bits per heavy atom. The van der Waals surface area contributed by atoms with Gasteiger partial charge in [-0.05, 0) is 19.5 Å². The summed E-state index contributed by atoms with van der Waals surface area (Å²) in [7, 11) is 1.51. The Hall–Kier alpha value is -1.39. The van der Waals surface area contributed by atoms with Crippen molar-refractivity contribution < 1.29 is 15.0 Å². The number of rotatable bonds is 4. The summed E-state index contributed by atoms with van der Waals surface area (Å²) in [5.74, 6) is -1.08. The van der Waals surface area contributed by atoms with Crippen molar-refractivity contribution in [2.45, 2.75) is 18.6 Å². The number of hydrogen-bond donors (Lipinski definition) is 3. The SMILES string of the molecule is CNC(C)(C(=O)O)C(O)c1ccccc1. The summed E-state index contributed by atoms with van der Waals surface area (Å²) in [4.78, 5) is 11.0. The molecule has 0 saturated heterocycles. The summed E-state index contributed by atoms with van der Waals surface area (Å²) in [5, 5.41) is 21.6. The van der Waals surface area contributed by atoms with E-state index in [1.807, 2.05) is 6.07 Å². The number of carbonyl (C=O) groups is 1. The van der Waals surface area contributed by atoms with Crippen molar-refractivity contribution in [1.29, 1.82) is 0 Å². The van der Waals surface area contributed by atoms with Crippen molar-refractivity contribution in [3.8, 4) is 0 Å². The summed E-state index contributed by atoms with van der Waals surface area (Å²) < 4.78 is 0. The number of hydrogen-bond acceptors (Lipinski definition) is 3. The van der Waals surface area contributed by atoms with Crippen molar-refractivity contribution in [3.63, 3.8) is 0 Å². The van der Waals surface area contributed by atoms with Crippen LogP contribution in [0.25, 0.3) is 0 Å². The quantitative estimate of drug-likeness (QED) is 0.685. The number of carboxylic acids is 1. The average Bonchev–Trinajstić information content (AvgIpc) is 2.28. The van der Waals surface area contributed by atoms with Gasteiger partial charge >= 0.3 is 5.97 Å². The van der Waals surface area contributed by atoms with Gasteiger partial charge in [-0.2, -0.15) is 0 Å². The Labute approximate surface area is 88.6 Å². The second kappa shape index (κ2) is 4.42. The topological polar surface area (TPSA) is 69.6 Å². The van der Waals surface area contributed by atoms with E-state index >= 15 is 0 Å². The van der Waals surface area contributed by atoms with Crippen LogP contribution in [0.2, 0.25) is 0 Å². The lowest BCUT2D eigenvalue weighted by Gasteiger charge is -2.30. The smallest absolute Gasteiger partial charge is 0.326 e. The molecule has 0 radical (unpaired) electrons. The van der Waals surface area contributed by atoms with Crippen molar-refractivity contribution >= 4 is 5.97 Å². The Balaban J connectivity index is 3.02. The lowest BCUT2D eigenvalue weighted by Crippen LogP contribution is -2.52. The van der Waals surface area contributed by atoms with Crippen molar-refractivity contribution in [2.24, 2.45) is 0 Å². The normalized spacial score (nSPS) is 16.7. The molecule has 3 N–H and O–H groups in total. The Bertz CT molecular complexity index is 339. The molecule has 0 aliphatic carbocycles. The van der Waals surface area contributed by atoms with Crippen LogP contribution >= 0.6 is 0 Å². The number of likely N-dealkylation sites (N-methyl/N-ethyl adjacent to an activating group) is 1. The van der Waals surface area contributed by atoms with E-state index in [4.69, 9.17) is 5.11 Å². The fourth-order valence-electron chi connectivity index (χ4n) is 1.33. The third kappa shape index (κ3) is 2.16. The first-order valence-electron chi connectivity index (χ1n) is 4.67. The molecule has 1 aromatic carbocycles. The highest BCUT2D eigenvalue weighted by Crippen LogP contribution is 2.25. The third-order valence-corrected chi connectivity index (χ3v) is 2.63. The third-order valence-electron chi connectivity index (χ3n) is 2.63. The number of aliphatic hydroxyl groups is 1. The number of carboxylic acid groups (broad SMARTS) is 1. The lowest BCUT2D eigenvalue weighted by molar-refractivity contribution is -0.149. The van der Waals surface area contributed by atoms with E-state index in [1.54, 1.807) is 24.3 Å². The van der Waals surface area contributed by atoms with Crippen LogP contribution in [0.5, 0.6) is 0 Å². The number of nitrogens with one attached hydrogen (secondary N) is 1. The van der Waals surface area contributed by atoms with E-state index in [2.05, 4.69) is 5.32 Å². The summed E-state index contributed by atoms with van der Waals surface area (Å²) in [5.41, 5.74) is -0.793. The van der Waals surface area contributed by atoms with Crippen LogP contribution in [0.15, 0.2) is 30.3 Å². The highest BCUT2D eigenvalue weighted by molar-refractivity contribution is 5.79. The van der Waals surface area contributed by atoms with E-state index in [1.165, 1.54) is 14.0 Å². The largest absolute Gasteiger partial charge is 0.480 e. The summed E-state index contributed by atoms with van der Waals surface area (Å²) in [6.07, 6.45) is -1.08. The minimum atomic E-state index is -1.37. The van der Waals surface area contributed by atoms with Crippen molar-refractivity contribution in [3.05, 3.63) is 35.9 Å². The fraction of sp³-hybridized carbons (Fsp3) is 0.364. The van der Waals surface area contributed by atoms with Crippen molar-refractivity contribution in [1.82, 2.24) is 5.32 Å². The zero-order valence-electron chi connectivity index (χ0n) is 8.77. The molecule has 1 aromatic rings. The monoisotopic (exact) mass is 209 g/mol. The number of benzene rings is 1. The molecule has 0 amide bonds. The first-order chi connectivity index (χ1) is 7.02. The highest BCUT2D eigenvalue weighted by Gasteiger charge is 2.40. The molecule has 82 valence electrons. The molecule has 0 bridgehead atoms. The van der Waals surface area contributed by atoms with Crippen LogP contribution < -0.4 is 5.32 Å². The van der Waals surface area contributed by atoms with Crippen LogP contribution in [0.1, 0.15) is 18.6 Å². The summed E-state index contributed by atoms with van der Waals surface area (Å²) in [6, 6.07) is 8.73. The van der Waals surface area contributed by atoms with Crippen LogP contribution in [0.4, 0.5) is 0 Å². The Kier molecular flexibility index (Phi) is 3.44. The van der Waals surface area contributed by atoms with Crippen LogP contribution in [-0.4, -0.2) is 28.8 Å². The molecule has 15 heavy (non-hydrogen) atoms. The standard InChI is InChI=1S/C11H15NO3/c1-11(12-2,10(14)15)9(13)8-6-4-3-5-7-8/h3-7,9,12-13H,1-2H3,(H,14,15). The summed E-state index contributed by atoms with van der Waals surface area (Å²) in [6.45, 7) is 1.45. The van der Waals surface area contributed by atoms with Gasteiger partial charge in [-0.1, -0.05) is 30.3 Å². The molecule has 0 heterocycles. The molecular weight excluding hydrogens is 194 g/mol. The molecule has 0 spiro atoms. The molecule has 1 rings (SSSR count). The molecule has 0 aromatic heterocycles. The van der Waals surface area contributed by atoms with E-state index in [-0.39, 0.29) is 0 Å². The maximum atomic E-state index is 11.0. The van der Waals surface area contributed by atoms with Gasteiger partial charge in [0, 0.05) is 0 Å². The Morgan fingerprint density at radius 1 is 1.40 bits per heavy atom. The maximum Gasteiger partial charge on any atom is 0.326 e. The minimum absolute atomic E-state index is 0.580. The second-order valence-corrected chi connectivity index (χ2v) is 3.57. The average molecular weight is 209 g/mol. The van der Waals surface area contributed by atoms with Gasteiger partial charge in [0.15, 0.2) is 0 Å². The van der Waals surface area contributed by atoms with Gasteiger partial charge in [0.25, 0.3) is 0 Å². The second-order valence-electron chi connectivity index (χ2n) is 3.57. The summed E-state index contributed by atoms with van der Waals surface area (Å²) >= 11 is 0. The highest BCUT2D eigenvalue weighted by atomic mass is 16.4. The van der Waals surface area contributed by atoms with E-state index < -0.39 is 17.6 Å². The van der Waals surface area contributed by atoms with Gasteiger partial charge in [-0.15, -0.1) is 0 Å². The molecule has 2 atom stereocenters. The zero-order valence-corrected chi connectivity index (χ0v) is 8.77. The fourth-order valence-corrected chi connectivity index (χ4v) is 1.33. The number of aliphatic hydroxyl groups excluding tert-OH is 1. The van der Waals surface area contributed by atoms with Crippen LogP contribution in [-0.2, 0) is 4.79 Å². The molecule has 0 fully saturated rings. The van der Waals surface area contributed by atoms with Crippen LogP contribution in [0.3, 0.4) is 0 Å². The first-order valence-corrected chi connectivity index (χ1v) is 4.67. The van der Waals surface area contributed by atoms with Crippen molar-refractivity contribution in [2.75, 3.05) is 7.05 Å². The Morgan fingerprint density at radius 3 is 2.33 bits per heavy atom. The predicted molar refractivity (Wildman–Crippen MR) is 56.5 cm³/mol. The van der Waals surface area contributed by atoms with Crippen LogP contribution in [0, 0.1) is 0 Å². The molecule has 0 aliphatic heterocycles. The molecule has 4 nitrogen and oxygen atoms in total. The number of aliphatic carboxylic acids is 1. The minimum Gasteiger partial charge on any atom is -0.480 e. The molecule has 0 aliphatic rings. The van der Waals surface area contributed by atoms with Gasteiger partial charge in [0.2, 0.25) is 0 Å². The first kappa shape index (κ1) is 11.7. The predicted octanol–water partition coefficient (Wildman–Crippen LogP) is 0.783. The maximum absolute atomic E-state index is 11.0. The zero-order chi connectivity index (χ0) is 11.5. The molecule has 2 unspecified atom stereocenters. The van der Waals surface area contributed by atoms with E-state index in [0.29, 0.717) is 5.56 Å². The van der Waals surface area contributed by atoms with Gasteiger partial charge in [-0.25, -0.2) is 0 Å². The van der Waals surface area contributed by atoms with Gasteiger partial charge in [-0.3, -0.25) is 4.79 Å². The van der Waals surface area contributed by atoms with E-state index in [9.17, 15) is 9.90 Å². The van der Waals surface area contributed by atoms with E-state index in [0.717, 1.165) is 0 Å². The van der Waals surface area contributed by atoms with Gasteiger partial charge in [0.1, 0.15) is 11.6 Å². The molecular formula is C11H15NO3. The van der Waals surface area contributed by atoms with Gasteiger partial charge in [0.05, 0.1) is 0 Å². The molecule has 4 heteroatoms. The van der Waals surface area contributed by atoms with Gasteiger partial charge < -0.3 is 15.5 Å². The molecule has 0 saturated carbocycles. The lowest BCUT2D eigenvalue weighted by atomic mass is 9.89.